The molecule has 2 rings (SSSR count). The molecule has 1 N–H and O–H groups in total. The fourth-order valence-electron chi connectivity index (χ4n) is 1.49. The first-order chi connectivity index (χ1) is 7.31. The van der Waals surface area contributed by atoms with Crippen LogP contribution in [0.5, 0.6) is 0 Å². The van der Waals surface area contributed by atoms with Crippen LogP contribution in [-0.2, 0) is 0 Å². The Morgan fingerprint density at radius 1 is 1.40 bits per heavy atom. The monoisotopic (exact) mass is 200 g/mol. The van der Waals surface area contributed by atoms with E-state index in [1.807, 2.05) is 30.3 Å². The van der Waals surface area contributed by atoms with Crippen LogP contribution >= 0.6 is 0 Å². The van der Waals surface area contributed by atoms with Gasteiger partial charge in [-0.05, 0) is 19.2 Å². The summed E-state index contributed by atoms with van der Waals surface area (Å²) in [5, 5.41) is 3.84. The number of likely N-dealkylation sites (N-methyl/N-ethyl adjacent to an activating group) is 1. The van der Waals surface area contributed by atoms with Crippen molar-refractivity contribution in [3.05, 3.63) is 42.1 Å². The molecule has 0 radical (unpaired) electrons. The van der Waals surface area contributed by atoms with Crippen molar-refractivity contribution in [1.82, 2.24) is 10.3 Å². The standard InChI is InChI=1S/C12H12N2O/c1-13-8-12(15)10-6-9-4-2-3-5-11(9)14-7-10/h2-7,13H,8H2,1H3. The van der Waals surface area contributed by atoms with Crippen LogP contribution in [0.25, 0.3) is 10.9 Å². The number of rotatable bonds is 3. The molecule has 0 fully saturated rings. The third-order valence-corrected chi connectivity index (χ3v) is 2.25. The molecule has 0 aliphatic rings. The molecule has 0 aliphatic carbocycles. The summed E-state index contributed by atoms with van der Waals surface area (Å²) in [5.74, 6) is 0.0655. The first-order valence-corrected chi connectivity index (χ1v) is 4.84. The van der Waals surface area contributed by atoms with Gasteiger partial charge in [-0.25, -0.2) is 0 Å². The Morgan fingerprint density at radius 3 is 3.00 bits per heavy atom. The summed E-state index contributed by atoms with van der Waals surface area (Å²) in [5.41, 5.74) is 1.57. The molecule has 0 unspecified atom stereocenters. The normalized spacial score (nSPS) is 10.5. The summed E-state index contributed by atoms with van der Waals surface area (Å²) in [4.78, 5) is 15.8. The molecule has 3 heteroatoms. The van der Waals surface area contributed by atoms with E-state index in [4.69, 9.17) is 0 Å². The number of aromatic nitrogens is 1. The maximum absolute atomic E-state index is 11.6. The van der Waals surface area contributed by atoms with E-state index < -0.39 is 0 Å². The van der Waals surface area contributed by atoms with Gasteiger partial charge in [0.25, 0.3) is 0 Å². The number of Topliss-reactive ketones (excluding diaryl/α,β-unsaturated/α-hetero) is 1. The molecule has 0 saturated carbocycles. The van der Waals surface area contributed by atoms with Crippen molar-refractivity contribution in [3.63, 3.8) is 0 Å². The number of hydrogen-bond acceptors (Lipinski definition) is 3. The van der Waals surface area contributed by atoms with Gasteiger partial charge in [0.05, 0.1) is 12.1 Å². The van der Waals surface area contributed by atoms with Gasteiger partial charge in [-0.1, -0.05) is 18.2 Å². The van der Waals surface area contributed by atoms with E-state index >= 15 is 0 Å². The lowest BCUT2D eigenvalue weighted by molar-refractivity contribution is 0.0993. The SMILES string of the molecule is CNCC(=O)c1cnc2ccccc2c1. The van der Waals surface area contributed by atoms with E-state index in [-0.39, 0.29) is 5.78 Å². The Hall–Kier alpha value is -1.74. The molecule has 0 amide bonds. The van der Waals surface area contributed by atoms with Gasteiger partial charge in [-0.15, -0.1) is 0 Å². The van der Waals surface area contributed by atoms with Gasteiger partial charge in [0.1, 0.15) is 0 Å². The second-order valence-electron chi connectivity index (χ2n) is 3.37. The number of nitrogens with one attached hydrogen (secondary N) is 1. The van der Waals surface area contributed by atoms with Crippen LogP contribution in [0.4, 0.5) is 0 Å². The molecule has 1 heterocycles. The summed E-state index contributed by atoms with van der Waals surface area (Å²) in [6.07, 6.45) is 1.63. The van der Waals surface area contributed by atoms with Crippen LogP contribution in [0.15, 0.2) is 36.5 Å². The predicted molar refractivity (Wildman–Crippen MR) is 60.0 cm³/mol. The second-order valence-corrected chi connectivity index (χ2v) is 3.37. The van der Waals surface area contributed by atoms with Gasteiger partial charge in [-0.3, -0.25) is 9.78 Å². The largest absolute Gasteiger partial charge is 0.313 e. The minimum absolute atomic E-state index is 0.0655. The summed E-state index contributed by atoms with van der Waals surface area (Å²) >= 11 is 0. The molecule has 2 aromatic rings. The molecule has 0 atom stereocenters. The molecule has 0 spiro atoms. The number of nitrogens with zero attached hydrogens (tertiary/aromatic N) is 1. The van der Waals surface area contributed by atoms with Crippen molar-refractivity contribution >= 4 is 16.7 Å². The molecule has 3 nitrogen and oxygen atoms in total. The minimum Gasteiger partial charge on any atom is -0.313 e. The van der Waals surface area contributed by atoms with Crippen molar-refractivity contribution in [2.45, 2.75) is 0 Å². The van der Waals surface area contributed by atoms with E-state index in [2.05, 4.69) is 10.3 Å². The highest BCUT2D eigenvalue weighted by molar-refractivity contribution is 5.99. The summed E-state index contributed by atoms with van der Waals surface area (Å²) < 4.78 is 0. The topological polar surface area (TPSA) is 42.0 Å². The predicted octanol–water partition coefficient (Wildman–Crippen LogP) is 1.64. The summed E-state index contributed by atoms with van der Waals surface area (Å²) in [6, 6.07) is 9.64. The Morgan fingerprint density at radius 2 is 2.20 bits per heavy atom. The number of para-hydroxylation sites is 1. The average Bonchev–Trinajstić information content (AvgIpc) is 2.29. The fourth-order valence-corrected chi connectivity index (χ4v) is 1.49. The fraction of sp³-hybridized carbons (Fsp3) is 0.167. The maximum Gasteiger partial charge on any atom is 0.178 e. The van der Waals surface area contributed by atoms with Gasteiger partial charge in [-0.2, -0.15) is 0 Å². The second kappa shape index (κ2) is 4.19. The van der Waals surface area contributed by atoms with E-state index in [0.717, 1.165) is 10.9 Å². The third-order valence-electron chi connectivity index (χ3n) is 2.25. The molecule has 0 bridgehead atoms. The number of hydrogen-bond donors (Lipinski definition) is 1. The number of benzene rings is 1. The third kappa shape index (κ3) is 2.02. The number of fused-ring (bicyclic) bond motifs is 1. The number of ketones is 1. The zero-order valence-electron chi connectivity index (χ0n) is 8.53. The quantitative estimate of drug-likeness (QED) is 0.766. The van der Waals surface area contributed by atoms with Crippen molar-refractivity contribution in [1.29, 1.82) is 0 Å². The molecule has 1 aromatic heterocycles. The van der Waals surface area contributed by atoms with Crippen molar-refractivity contribution in [2.24, 2.45) is 0 Å². The van der Waals surface area contributed by atoms with Gasteiger partial charge in [0.2, 0.25) is 0 Å². The molecule has 15 heavy (non-hydrogen) atoms. The first kappa shape index (κ1) is 9.80. The lowest BCUT2D eigenvalue weighted by Crippen LogP contribution is -2.18. The first-order valence-electron chi connectivity index (χ1n) is 4.84. The maximum atomic E-state index is 11.6. The van der Waals surface area contributed by atoms with Crippen molar-refractivity contribution < 1.29 is 4.79 Å². The van der Waals surface area contributed by atoms with Crippen LogP contribution in [0.2, 0.25) is 0 Å². The van der Waals surface area contributed by atoms with E-state index in [1.165, 1.54) is 0 Å². The lowest BCUT2D eigenvalue weighted by Gasteiger charge is -2.01. The summed E-state index contributed by atoms with van der Waals surface area (Å²) in [7, 11) is 1.76. The highest BCUT2D eigenvalue weighted by atomic mass is 16.1. The highest BCUT2D eigenvalue weighted by Crippen LogP contribution is 2.12. The van der Waals surface area contributed by atoms with Crippen molar-refractivity contribution in [3.8, 4) is 0 Å². The molecule has 0 aliphatic heterocycles. The van der Waals surface area contributed by atoms with Gasteiger partial charge >= 0.3 is 0 Å². The van der Waals surface area contributed by atoms with Crippen LogP contribution in [-0.4, -0.2) is 24.4 Å². The minimum atomic E-state index is 0.0655. The zero-order valence-corrected chi connectivity index (χ0v) is 8.53. The number of carbonyl (C=O) groups is 1. The van der Waals surface area contributed by atoms with Gasteiger partial charge in [0.15, 0.2) is 5.78 Å². The molecule has 1 aromatic carbocycles. The Labute approximate surface area is 88.1 Å². The Balaban J connectivity index is 2.42. The van der Waals surface area contributed by atoms with Crippen LogP contribution in [0, 0.1) is 0 Å². The van der Waals surface area contributed by atoms with Gasteiger partial charge < -0.3 is 5.32 Å². The summed E-state index contributed by atoms with van der Waals surface area (Å²) in [6.45, 7) is 0.347. The van der Waals surface area contributed by atoms with E-state index in [0.29, 0.717) is 12.1 Å². The Kier molecular flexibility index (Phi) is 2.74. The van der Waals surface area contributed by atoms with Crippen LogP contribution in [0.3, 0.4) is 0 Å². The van der Waals surface area contributed by atoms with Crippen LogP contribution in [0.1, 0.15) is 10.4 Å². The number of pyridine rings is 1. The molecule has 0 saturated heterocycles. The molecule has 76 valence electrons. The lowest BCUT2D eigenvalue weighted by atomic mass is 10.1. The molecular formula is C12H12N2O. The smallest absolute Gasteiger partial charge is 0.178 e. The number of carbonyl (C=O) groups excluding carboxylic acids is 1. The Bertz CT molecular complexity index is 494. The van der Waals surface area contributed by atoms with Gasteiger partial charge in [0, 0.05) is 17.1 Å². The molecular weight excluding hydrogens is 188 g/mol. The zero-order chi connectivity index (χ0) is 10.7. The van der Waals surface area contributed by atoms with E-state index in [1.54, 1.807) is 13.2 Å². The van der Waals surface area contributed by atoms with E-state index in [9.17, 15) is 4.79 Å². The van der Waals surface area contributed by atoms with Crippen molar-refractivity contribution in [2.75, 3.05) is 13.6 Å². The highest BCUT2D eigenvalue weighted by Gasteiger charge is 2.05. The van der Waals surface area contributed by atoms with Crippen LogP contribution < -0.4 is 5.32 Å². The average molecular weight is 200 g/mol.